The number of nitrogens with zero attached hydrogens (tertiary/aromatic N) is 1. The number of amides is 1. The standard InChI is InChI=1S/C15H22N2O2/c1-12(2)11-15(18)16-7-8-17-9-10-19-14-6-4-3-5-13(14)17/h3-6,12H,7-11H2,1-2H3,(H,16,18). The van der Waals surface area contributed by atoms with Crippen molar-refractivity contribution in [3.05, 3.63) is 24.3 Å². The van der Waals surface area contributed by atoms with Gasteiger partial charge in [-0.15, -0.1) is 0 Å². The highest BCUT2D eigenvalue weighted by atomic mass is 16.5. The third kappa shape index (κ3) is 3.88. The van der Waals surface area contributed by atoms with Gasteiger partial charge in [0.05, 0.1) is 12.2 Å². The molecular formula is C15H22N2O2. The Morgan fingerprint density at radius 3 is 3.00 bits per heavy atom. The summed E-state index contributed by atoms with van der Waals surface area (Å²) in [7, 11) is 0. The van der Waals surface area contributed by atoms with Crippen LogP contribution in [0.5, 0.6) is 5.75 Å². The maximum Gasteiger partial charge on any atom is 0.220 e. The molecule has 1 aromatic carbocycles. The highest BCUT2D eigenvalue weighted by Gasteiger charge is 2.16. The van der Waals surface area contributed by atoms with Crippen molar-refractivity contribution in [1.29, 1.82) is 0 Å². The topological polar surface area (TPSA) is 41.6 Å². The van der Waals surface area contributed by atoms with E-state index in [0.717, 1.165) is 24.5 Å². The molecule has 1 N–H and O–H groups in total. The molecule has 1 heterocycles. The number of nitrogens with one attached hydrogen (secondary N) is 1. The molecule has 0 radical (unpaired) electrons. The van der Waals surface area contributed by atoms with E-state index in [1.165, 1.54) is 0 Å². The molecule has 2 rings (SSSR count). The largest absolute Gasteiger partial charge is 0.490 e. The minimum absolute atomic E-state index is 0.136. The van der Waals surface area contributed by atoms with Gasteiger partial charge < -0.3 is 15.0 Å². The predicted octanol–water partition coefficient (Wildman–Crippen LogP) is 2.05. The van der Waals surface area contributed by atoms with Gasteiger partial charge in [0.1, 0.15) is 12.4 Å². The lowest BCUT2D eigenvalue weighted by atomic mass is 10.1. The second-order valence-electron chi connectivity index (χ2n) is 5.25. The number of ether oxygens (including phenoxy) is 1. The maximum absolute atomic E-state index is 11.6. The van der Waals surface area contributed by atoms with Gasteiger partial charge in [0.25, 0.3) is 0 Å². The van der Waals surface area contributed by atoms with Gasteiger partial charge >= 0.3 is 0 Å². The summed E-state index contributed by atoms with van der Waals surface area (Å²) in [6.45, 7) is 7.19. The Kier molecular flexibility index (Phi) is 4.66. The molecule has 104 valence electrons. The third-order valence-corrected chi connectivity index (χ3v) is 3.12. The molecular weight excluding hydrogens is 240 g/mol. The van der Waals surface area contributed by atoms with Crippen molar-refractivity contribution in [2.45, 2.75) is 20.3 Å². The fraction of sp³-hybridized carbons (Fsp3) is 0.533. The van der Waals surface area contributed by atoms with Crippen LogP contribution in [0.2, 0.25) is 0 Å². The van der Waals surface area contributed by atoms with Crippen molar-refractivity contribution in [3.63, 3.8) is 0 Å². The Balaban J connectivity index is 1.83. The van der Waals surface area contributed by atoms with Crippen molar-refractivity contribution in [3.8, 4) is 5.75 Å². The van der Waals surface area contributed by atoms with Crippen LogP contribution in [0.1, 0.15) is 20.3 Å². The first-order valence-corrected chi connectivity index (χ1v) is 6.90. The first-order chi connectivity index (χ1) is 9.16. The van der Waals surface area contributed by atoms with E-state index in [-0.39, 0.29) is 5.91 Å². The van der Waals surface area contributed by atoms with Crippen LogP contribution in [0, 0.1) is 5.92 Å². The van der Waals surface area contributed by atoms with Crippen LogP contribution in [0.4, 0.5) is 5.69 Å². The van der Waals surface area contributed by atoms with E-state index in [2.05, 4.69) is 30.1 Å². The molecule has 1 amide bonds. The highest BCUT2D eigenvalue weighted by Crippen LogP contribution is 2.30. The molecule has 0 atom stereocenters. The van der Waals surface area contributed by atoms with Crippen molar-refractivity contribution >= 4 is 11.6 Å². The second-order valence-corrected chi connectivity index (χ2v) is 5.25. The number of rotatable bonds is 5. The number of benzene rings is 1. The average Bonchev–Trinajstić information content (AvgIpc) is 2.38. The molecule has 4 heteroatoms. The summed E-state index contributed by atoms with van der Waals surface area (Å²) in [5.74, 6) is 1.47. The molecule has 0 spiro atoms. The van der Waals surface area contributed by atoms with Crippen LogP contribution in [-0.2, 0) is 4.79 Å². The van der Waals surface area contributed by atoms with E-state index >= 15 is 0 Å². The van der Waals surface area contributed by atoms with Crippen LogP contribution >= 0.6 is 0 Å². The maximum atomic E-state index is 11.6. The minimum atomic E-state index is 0.136. The minimum Gasteiger partial charge on any atom is -0.490 e. The van der Waals surface area contributed by atoms with Crippen LogP contribution in [-0.4, -0.2) is 32.1 Å². The zero-order valence-electron chi connectivity index (χ0n) is 11.7. The highest BCUT2D eigenvalue weighted by molar-refractivity contribution is 5.76. The van der Waals surface area contributed by atoms with Gasteiger partial charge in [-0.2, -0.15) is 0 Å². The Labute approximate surface area is 114 Å². The molecule has 0 unspecified atom stereocenters. The van der Waals surface area contributed by atoms with E-state index in [4.69, 9.17) is 4.74 Å². The second kappa shape index (κ2) is 6.45. The fourth-order valence-electron chi connectivity index (χ4n) is 2.23. The van der Waals surface area contributed by atoms with Crippen LogP contribution in [0.25, 0.3) is 0 Å². The van der Waals surface area contributed by atoms with Crippen LogP contribution in [0.15, 0.2) is 24.3 Å². The number of para-hydroxylation sites is 2. The Morgan fingerprint density at radius 2 is 2.21 bits per heavy atom. The molecule has 0 saturated carbocycles. The normalized spacial score (nSPS) is 13.9. The van der Waals surface area contributed by atoms with Crippen LogP contribution < -0.4 is 15.0 Å². The lowest BCUT2D eigenvalue weighted by Gasteiger charge is -2.31. The number of hydrogen-bond acceptors (Lipinski definition) is 3. The molecule has 0 bridgehead atoms. The van der Waals surface area contributed by atoms with Crippen molar-refractivity contribution in [1.82, 2.24) is 5.32 Å². The van der Waals surface area contributed by atoms with Gasteiger partial charge in [-0.3, -0.25) is 4.79 Å². The summed E-state index contributed by atoms with van der Waals surface area (Å²) in [5.41, 5.74) is 1.12. The van der Waals surface area contributed by atoms with Gasteiger partial charge in [0.15, 0.2) is 0 Å². The van der Waals surface area contributed by atoms with E-state index < -0.39 is 0 Å². The summed E-state index contributed by atoms with van der Waals surface area (Å²) in [6, 6.07) is 8.04. The third-order valence-electron chi connectivity index (χ3n) is 3.12. The molecule has 19 heavy (non-hydrogen) atoms. The Morgan fingerprint density at radius 1 is 1.42 bits per heavy atom. The SMILES string of the molecule is CC(C)CC(=O)NCCN1CCOc2ccccc21. The molecule has 0 aromatic heterocycles. The molecule has 1 aliphatic heterocycles. The summed E-state index contributed by atoms with van der Waals surface area (Å²) >= 11 is 0. The Bertz CT molecular complexity index is 432. The van der Waals surface area contributed by atoms with Crippen LogP contribution in [0.3, 0.4) is 0 Å². The molecule has 1 aromatic rings. The molecule has 4 nitrogen and oxygen atoms in total. The first-order valence-electron chi connectivity index (χ1n) is 6.90. The fourth-order valence-corrected chi connectivity index (χ4v) is 2.23. The Hall–Kier alpha value is -1.71. The number of anilines is 1. The molecule has 0 aliphatic carbocycles. The van der Waals surface area contributed by atoms with Crippen molar-refractivity contribution < 1.29 is 9.53 Å². The van der Waals surface area contributed by atoms with E-state index in [0.29, 0.717) is 25.5 Å². The predicted molar refractivity (Wildman–Crippen MR) is 76.6 cm³/mol. The number of carbonyl (C=O) groups is 1. The molecule has 0 fully saturated rings. The molecule has 1 aliphatic rings. The van der Waals surface area contributed by atoms with Gasteiger partial charge in [-0.25, -0.2) is 0 Å². The lowest BCUT2D eigenvalue weighted by Crippen LogP contribution is -2.39. The summed E-state index contributed by atoms with van der Waals surface area (Å²) in [4.78, 5) is 13.8. The van der Waals surface area contributed by atoms with Gasteiger partial charge in [-0.1, -0.05) is 26.0 Å². The average molecular weight is 262 g/mol. The summed E-state index contributed by atoms with van der Waals surface area (Å²) < 4.78 is 5.60. The molecule has 0 saturated heterocycles. The van der Waals surface area contributed by atoms with Gasteiger partial charge in [0, 0.05) is 19.5 Å². The zero-order valence-corrected chi connectivity index (χ0v) is 11.7. The van der Waals surface area contributed by atoms with Crippen molar-refractivity contribution in [2.75, 3.05) is 31.1 Å². The summed E-state index contributed by atoms with van der Waals surface area (Å²) in [5, 5.41) is 2.97. The lowest BCUT2D eigenvalue weighted by molar-refractivity contribution is -0.121. The first kappa shape index (κ1) is 13.7. The smallest absolute Gasteiger partial charge is 0.220 e. The van der Waals surface area contributed by atoms with Crippen molar-refractivity contribution in [2.24, 2.45) is 5.92 Å². The van der Waals surface area contributed by atoms with E-state index in [1.54, 1.807) is 0 Å². The summed E-state index contributed by atoms with van der Waals surface area (Å²) in [6.07, 6.45) is 0.597. The monoisotopic (exact) mass is 262 g/mol. The number of fused-ring (bicyclic) bond motifs is 1. The number of carbonyl (C=O) groups excluding carboxylic acids is 1. The van der Waals surface area contributed by atoms with E-state index in [9.17, 15) is 4.79 Å². The quantitative estimate of drug-likeness (QED) is 0.883. The van der Waals surface area contributed by atoms with Gasteiger partial charge in [0.2, 0.25) is 5.91 Å². The number of hydrogen-bond donors (Lipinski definition) is 1. The van der Waals surface area contributed by atoms with Gasteiger partial charge in [-0.05, 0) is 18.1 Å². The van der Waals surface area contributed by atoms with E-state index in [1.807, 2.05) is 18.2 Å². The zero-order chi connectivity index (χ0) is 13.7.